The zero-order chi connectivity index (χ0) is 18.7. The number of rotatable bonds is 4. The monoisotopic (exact) mass is 357 g/mol. The number of hydrogen-bond donors (Lipinski definition) is 0. The molecule has 1 atom stereocenters. The number of urea groups is 1. The third-order valence-electron chi connectivity index (χ3n) is 4.90. The van der Waals surface area contributed by atoms with E-state index in [4.69, 9.17) is 0 Å². The maximum atomic E-state index is 12.7. The van der Waals surface area contributed by atoms with E-state index in [2.05, 4.69) is 4.99 Å². The van der Waals surface area contributed by atoms with Crippen molar-refractivity contribution >= 4 is 23.6 Å². The molecule has 1 aromatic carbocycles. The van der Waals surface area contributed by atoms with Crippen molar-refractivity contribution < 1.29 is 9.72 Å². The highest BCUT2D eigenvalue weighted by molar-refractivity contribution is 5.76. The fourth-order valence-electron chi connectivity index (χ4n) is 3.31. The number of nitro benzene ring substituents is 1. The molecule has 1 unspecified atom stereocenters. The quantitative estimate of drug-likeness (QED) is 0.612. The van der Waals surface area contributed by atoms with Crippen LogP contribution in [-0.2, 0) is 0 Å². The van der Waals surface area contributed by atoms with Crippen LogP contribution in [0, 0.1) is 16.0 Å². The van der Waals surface area contributed by atoms with Crippen LogP contribution in [0.1, 0.15) is 6.92 Å². The number of piperazine rings is 1. The Kier molecular flexibility index (Phi) is 5.20. The van der Waals surface area contributed by atoms with E-state index in [-0.39, 0.29) is 22.6 Å². The second-order valence-corrected chi connectivity index (χ2v) is 6.66. The van der Waals surface area contributed by atoms with Gasteiger partial charge in [0, 0.05) is 64.2 Å². The third-order valence-corrected chi connectivity index (χ3v) is 4.90. The van der Waals surface area contributed by atoms with E-state index < -0.39 is 0 Å². The average molecular weight is 357 g/mol. The lowest BCUT2D eigenvalue weighted by Gasteiger charge is -2.37. The number of amides is 2. The predicted octanol–water partition coefficient (Wildman–Crippen LogP) is 2.37. The summed E-state index contributed by atoms with van der Waals surface area (Å²) >= 11 is 0. The molecule has 0 N–H and O–H groups in total. The molecule has 2 aliphatic heterocycles. The summed E-state index contributed by atoms with van der Waals surface area (Å²) < 4.78 is 0. The molecule has 0 radical (unpaired) electrons. The van der Waals surface area contributed by atoms with E-state index in [9.17, 15) is 14.9 Å². The van der Waals surface area contributed by atoms with Crippen molar-refractivity contribution in [2.75, 3.05) is 44.7 Å². The van der Waals surface area contributed by atoms with Crippen LogP contribution in [0.5, 0.6) is 0 Å². The number of nitrogens with zero attached hydrogens (tertiary/aromatic N) is 5. The summed E-state index contributed by atoms with van der Waals surface area (Å²) in [4.78, 5) is 33.2. The Hall–Kier alpha value is -2.90. The first-order valence-corrected chi connectivity index (χ1v) is 8.65. The van der Waals surface area contributed by atoms with Crippen LogP contribution < -0.4 is 4.90 Å². The molecular weight excluding hydrogens is 334 g/mol. The van der Waals surface area contributed by atoms with Crippen molar-refractivity contribution in [1.29, 1.82) is 0 Å². The van der Waals surface area contributed by atoms with Gasteiger partial charge in [-0.3, -0.25) is 15.1 Å². The highest BCUT2D eigenvalue weighted by atomic mass is 16.6. The van der Waals surface area contributed by atoms with Gasteiger partial charge < -0.3 is 14.7 Å². The molecule has 138 valence electrons. The SMILES string of the molecule is CC1=CN=CC1CN(C)C(=O)N1CCN(c2ccccc2[N+](=O)[O-])CC1. The summed E-state index contributed by atoms with van der Waals surface area (Å²) in [5.74, 6) is 0.178. The number of aliphatic imine (C=N–C) groups is 1. The molecule has 8 nitrogen and oxygen atoms in total. The van der Waals surface area contributed by atoms with E-state index in [1.807, 2.05) is 24.2 Å². The zero-order valence-electron chi connectivity index (χ0n) is 15.0. The first-order valence-electron chi connectivity index (χ1n) is 8.65. The van der Waals surface area contributed by atoms with Gasteiger partial charge in [0.2, 0.25) is 0 Å². The number of anilines is 1. The summed E-state index contributed by atoms with van der Waals surface area (Å²) in [6.07, 6.45) is 3.69. The number of para-hydroxylation sites is 2. The lowest BCUT2D eigenvalue weighted by Crippen LogP contribution is -2.52. The lowest BCUT2D eigenvalue weighted by molar-refractivity contribution is -0.384. The topological polar surface area (TPSA) is 82.3 Å². The van der Waals surface area contributed by atoms with Crippen LogP contribution in [0.4, 0.5) is 16.2 Å². The first-order chi connectivity index (χ1) is 12.5. The van der Waals surface area contributed by atoms with E-state index in [1.54, 1.807) is 35.0 Å². The Morgan fingerprint density at radius 2 is 2.00 bits per heavy atom. The van der Waals surface area contributed by atoms with Crippen LogP contribution in [-0.4, -0.2) is 66.7 Å². The van der Waals surface area contributed by atoms with Crippen molar-refractivity contribution in [2.45, 2.75) is 6.92 Å². The van der Waals surface area contributed by atoms with Crippen LogP contribution in [0.3, 0.4) is 0 Å². The number of nitro groups is 1. The Morgan fingerprint density at radius 3 is 2.62 bits per heavy atom. The predicted molar refractivity (Wildman–Crippen MR) is 101 cm³/mol. The maximum absolute atomic E-state index is 12.7. The minimum absolute atomic E-state index is 0.0136. The molecule has 26 heavy (non-hydrogen) atoms. The third kappa shape index (κ3) is 3.68. The molecule has 3 rings (SSSR count). The van der Waals surface area contributed by atoms with Gasteiger partial charge in [0.05, 0.1) is 4.92 Å². The van der Waals surface area contributed by atoms with Gasteiger partial charge in [-0.15, -0.1) is 0 Å². The molecule has 2 aliphatic rings. The van der Waals surface area contributed by atoms with Crippen LogP contribution in [0.25, 0.3) is 0 Å². The van der Waals surface area contributed by atoms with Gasteiger partial charge in [-0.1, -0.05) is 12.1 Å². The highest BCUT2D eigenvalue weighted by Crippen LogP contribution is 2.28. The molecule has 8 heteroatoms. The normalized spacial score (nSPS) is 19.5. The summed E-state index contributed by atoms with van der Waals surface area (Å²) in [5, 5.41) is 11.2. The van der Waals surface area contributed by atoms with Gasteiger partial charge in [0.25, 0.3) is 5.69 Å². The molecule has 0 aromatic heterocycles. The van der Waals surface area contributed by atoms with Crippen molar-refractivity contribution in [3.8, 4) is 0 Å². The van der Waals surface area contributed by atoms with Crippen LogP contribution in [0.2, 0.25) is 0 Å². The second-order valence-electron chi connectivity index (χ2n) is 6.66. The number of carbonyl (C=O) groups excluding carboxylic acids is 1. The molecule has 2 heterocycles. The smallest absolute Gasteiger partial charge is 0.319 e. The van der Waals surface area contributed by atoms with Gasteiger partial charge in [-0.2, -0.15) is 0 Å². The van der Waals surface area contributed by atoms with E-state index >= 15 is 0 Å². The van der Waals surface area contributed by atoms with Crippen molar-refractivity contribution in [3.63, 3.8) is 0 Å². The Labute approximate surface area is 152 Å². The fourth-order valence-corrected chi connectivity index (χ4v) is 3.31. The standard InChI is InChI=1S/C18H23N5O3/c1-14-11-19-12-15(14)13-20(2)18(24)22-9-7-21(8-10-22)16-5-3-4-6-17(16)23(25)26/h3-6,11-12,15H,7-10,13H2,1-2H3. The molecule has 0 bridgehead atoms. The summed E-state index contributed by atoms with van der Waals surface area (Å²) in [7, 11) is 1.80. The van der Waals surface area contributed by atoms with Gasteiger partial charge >= 0.3 is 6.03 Å². The van der Waals surface area contributed by atoms with Crippen molar-refractivity contribution in [3.05, 3.63) is 46.2 Å². The van der Waals surface area contributed by atoms with Crippen LogP contribution in [0.15, 0.2) is 41.0 Å². The minimum atomic E-state index is -0.361. The summed E-state index contributed by atoms with van der Waals surface area (Å²) in [6.45, 7) is 4.87. The number of hydrogen-bond acceptors (Lipinski definition) is 5. The van der Waals surface area contributed by atoms with Crippen LogP contribution >= 0.6 is 0 Å². The molecule has 0 aliphatic carbocycles. The molecule has 2 amide bonds. The molecule has 1 fully saturated rings. The molecule has 1 aromatic rings. The second kappa shape index (κ2) is 7.55. The fraction of sp³-hybridized carbons (Fsp3) is 0.444. The van der Waals surface area contributed by atoms with Gasteiger partial charge in [0.15, 0.2) is 0 Å². The summed E-state index contributed by atoms with van der Waals surface area (Å²) in [6, 6.07) is 6.72. The van der Waals surface area contributed by atoms with E-state index in [0.29, 0.717) is 38.4 Å². The molecule has 0 saturated carbocycles. The van der Waals surface area contributed by atoms with E-state index in [0.717, 1.165) is 5.57 Å². The lowest BCUT2D eigenvalue weighted by atomic mass is 10.0. The minimum Gasteiger partial charge on any atom is -0.362 e. The Balaban J connectivity index is 1.58. The zero-order valence-corrected chi connectivity index (χ0v) is 15.0. The van der Waals surface area contributed by atoms with Gasteiger partial charge in [0.1, 0.15) is 5.69 Å². The van der Waals surface area contributed by atoms with Crippen molar-refractivity contribution in [2.24, 2.45) is 10.9 Å². The number of carbonyl (C=O) groups is 1. The van der Waals surface area contributed by atoms with Gasteiger partial charge in [-0.25, -0.2) is 4.79 Å². The largest absolute Gasteiger partial charge is 0.362 e. The Bertz CT molecular complexity index is 753. The Morgan fingerprint density at radius 1 is 1.31 bits per heavy atom. The van der Waals surface area contributed by atoms with Crippen molar-refractivity contribution in [1.82, 2.24) is 9.80 Å². The maximum Gasteiger partial charge on any atom is 0.319 e. The number of benzene rings is 1. The highest BCUT2D eigenvalue weighted by Gasteiger charge is 2.28. The molecule has 0 spiro atoms. The molecular formula is C18H23N5O3. The van der Waals surface area contributed by atoms with E-state index in [1.165, 1.54) is 6.07 Å². The van der Waals surface area contributed by atoms with Gasteiger partial charge in [-0.05, 0) is 18.6 Å². The first kappa shape index (κ1) is 17.9. The molecule has 1 saturated heterocycles. The average Bonchev–Trinajstić information content (AvgIpc) is 3.05. The summed E-state index contributed by atoms with van der Waals surface area (Å²) in [5.41, 5.74) is 1.87.